The van der Waals surface area contributed by atoms with Crippen molar-refractivity contribution in [1.29, 1.82) is 0 Å². The van der Waals surface area contributed by atoms with Gasteiger partial charge in [0.2, 0.25) is 0 Å². The summed E-state index contributed by atoms with van der Waals surface area (Å²) in [7, 11) is 0. The molecule has 0 radical (unpaired) electrons. The Morgan fingerprint density at radius 2 is 1.91 bits per heavy atom. The molecule has 1 heterocycles. The molecule has 0 aromatic carbocycles. The monoisotopic (exact) mass is 153 g/mol. The average molecular weight is 153 g/mol. The molecule has 11 heavy (non-hydrogen) atoms. The Morgan fingerprint density at radius 3 is 2.64 bits per heavy atom. The highest BCUT2D eigenvalue weighted by atomic mass is 15.2. The fraction of sp³-hybridized carbons (Fsp3) is 1.00. The lowest BCUT2D eigenvalue weighted by atomic mass is 10.1. The van der Waals surface area contributed by atoms with Crippen LogP contribution in [0.1, 0.15) is 39.0 Å². The molecule has 2 aliphatic rings. The van der Waals surface area contributed by atoms with E-state index in [4.69, 9.17) is 0 Å². The van der Waals surface area contributed by atoms with Crippen LogP contribution >= 0.6 is 0 Å². The van der Waals surface area contributed by atoms with Gasteiger partial charge in [-0.05, 0) is 38.1 Å². The van der Waals surface area contributed by atoms with E-state index in [2.05, 4.69) is 11.8 Å². The van der Waals surface area contributed by atoms with Crippen LogP contribution in [0.2, 0.25) is 0 Å². The summed E-state index contributed by atoms with van der Waals surface area (Å²) in [5.74, 6) is 0.957. The summed E-state index contributed by atoms with van der Waals surface area (Å²) in [5, 5.41) is 0. The quantitative estimate of drug-likeness (QED) is 0.558. The number of likely N-dealkylation sites (tertiary alicyclic amines) is 1. The van der Waals surface area contributed by atoms with Gasteiger partial charge in [-0.3, -0.25) is 0 Å². The van der Waals surface area contributed by atoms with Gasteiger partial charge in [0.15, 0.2) is 0 Å². The zero-order valence-corrected chi connectivity index (χ0v) is 7.55. The zero-order chi connectivity index (χ0) is 7.68. The molecule has 1 nitrogen and oxygen atoms in total. The maximum Gasteiger partial charge on any atom is 0.00965 e. The summed E-state index contributed by atoms with van der Waals surface area (Å²) in [6.45, 7) is 5.17. The number of hydrogen-bond donors (Lipinski definition) is 0. The zero-order valence-electron chi connectivity index (χ0n) is 7.55. The van der Waals surface area contributed by atoms with Crippen LogP contribution in [0.4, 0.5) is 0 Å². The van der Waals surface area contributed by atoms with Gasteiger partial charge >= 0.3 is 0 Å². The SMILES string of the molecule is CC1CCCCN(C2CC2)C1. The van der Waals surface area contributed by atoms with Crippen molar-refractivity contribution in [2.75, 3.05) is 13.1 Å². The van der Waals surface area contributed by atoms with Crippen molar-refractivity contribution in [1.82, 2.24) is 4.90 Å². The first-order chi connectivity index (χ1) is 5.36. The van der Waals surface area contributed by atoms with Gasteiger partial charge in [-0.2, -0.15) is 0 Å². The lowest BCUT2D eigenvalue weighted by molar-refractivity contribution is 0.246. The first kappa shape index (κ1) is 7.60. The summed E-state index contributed by atoms with van der Waals surface area (Å²) in [6, 6.07) is 0.996. The molecule has 0 N–H and O–H groups in total. The third-order valence-corrected chi connectivity index (χ3v) is 3.00. The largest absolute Gasteiger partial charge is 0.300 e. The van der Waals surface area contributed by atoms with E-state index in [-0.39, 0.29) is 0 Å². The summed E-state index contributed by atoms with van der Waals surface area (Å²) in [6.07, 6.45) is 7.33. The molecule has 1 unspecified atom stereocenters. The standard InChI is InChI=1S/C10H19N/c1-9-4-2-3-7-11(8-9)10-5-6-10/h9-10H,2-8H2,1H3. The van der Waals surface area contributed by atoms with E-state index >= 15 is 0 Å². The average Bonchev–Trinajstić information content (AvgIpc) is 2.71. The molecule has 1 saturated carbocycles. The fourth-order valence-electron chi connectivity index (χ4n) is 2.16. The molecule has 1 atom stereocenters. The van der Waals surface area contributed by atoms with E-state index in [1.54, 1.807) is 0 Å². The van der Waals surface area contributed by atoms with E-state index < -0.39 is 0 Å². The lowest BCUT2D eigenvalue weighted by Crippen LogP contribution is -2.29. The van der Waals surface area contributed by atoms with Crippen LogP contribution in [0.15, 0.2) is 0 Å². The minimum atomic E-state index is 0.957. The molecule has 0 amide bonds. The van der Waals surface area contributed by atoms with Crippen LogP contribution in [-0.4, -0.2) is 24.0 Å². The summed E-state index contributed by atoms with van der Waals surface area (Å²) in [4.78, 5) is 2.72. The first-order valence-electron chi connectivity index (χ1n) is 5.10. The van der Waals surface area contributed by atoms with Crippen molar-refractivity contribution in [3.05, 3.63) is 0 Å². The summed E-state index contributed by atoms with van der Waals surface area (Å²) in [5.41, 5.74) is 0. The Kier molecular flexibility index (Phi) is 2.17. The van der Waals surface area contributed by atoms with Crippen molar-refractivity contribution in [2.45, 2.75) is 45.1 Å². The fourth-order valence-corrected chi connectivity index (χ4v) is 2.16. The molecule has 1 heteroatoms. The molecule has 0 aromatic rings. The van der Waals surface area contributed by atoms with Gasteiger partial charge < -0.3 is 4.90 Å². The molecule has 0 bridgehead atoms. The van der Waals surface area contributed by atoms with Crippen molar-refractivity contribution >= 4 is 0 Å². The topological polar surface area (TPSA) is 3.24 Å². The van der Waals surface area contributed by atoms with Crippen molar-refractivity contribution in [3.63, 3.8) is 0 Å². The van der Waals surface area contributed by atoms with E-state index in [0.29, 0.717) is 0 Å². The van der Waals surface area contributed by atoms with Gasteiger partial charge in [0, 0.05) is 12.6 Å². The maximum absolute atomic E-state index is 2.72. The normalized spacial score (nSPS) is 35.2. The third kappa shape index (κ3) is 1.96. The maximum atomic E-state index is 2.72. The minimum Gasteiger partial charge on any atom is -0.300 e. The lowest BCUT2D eigenvalue weighted by Gasteiger charge is -2.21. The van der Waals surface area contributed by atoms with E-state index in [0.717, 1.165) is 12.0 Å². The van der Waals surface area contributed by atoms with Gasteiger partial charge in [-0.25, -0.2) is 0 Å². The highest BCUT2D eigenvalue weighted by molar-refractivity contribution is 4.86. The molecular formula is C10H19N. The molecule has 0 aromatic heterocycles. The molecule has 1 saturated heterocycles. The molecule has 64 valence electrons. The minimum absolute atomic E-state index is 0.957. The highest BCUT2D eigenvalue weighted by Gasteiger charge is 2.30. The van der Waals surface area contributed by atoms with Crippen LogP contribution in [0, 0.1) is 5.92 Å². The molecule has 2 rings (SSSR count). The van der Waals surface area contributed by atoms with Gasteiger partial charge in [0.25, 0.3) is 0 Å². The summed E-state index contributed by atoms with van der Waals surface area (Å²) < 4.78 is 0. The number of rotatable bonds is 1. The first-order valence-corrected chi connectivity index (χ1v) is 5.10. The Labute approximate surface area is 69.8 Å². The van der Waals surface area contributed by atoms with E-state index in [1.807, 2.05) is 0 Å². The highest BCUT2D eigenvalue weighted by Crippen LogP contribution is 2.30. The van der Waals surface area contributed by atoms with Gasteiger partial charge in [-0.1, -0.05) is 13.3 Å². The van der Waals surface area contributed by atoms with Crippen LogP contribution < -0.4 is 0 Å². The van der Waals surface area contributed by atoms with Crippen molar-refractivity contribution in [2.24, 2.45) is 5.92 Å². The second-order valence-electron chi connectivity index (χ2n) is 4.33. The third-order valence-electron chi connectivity index (χ3n) is 3.00. The molecular weight excluding hydrogens is 134 g/mol. The van der Waals surface area contributed by atoms with Crippen LogP contribution in [0.5, 0.6) is 0 Å². The number of hydrogen-bond acceptors (Lipinski definition) is 1. The van der Waals surface area contributed by atoms with Gasteiger partial charge in [-0.15, -0.1) is 0 Å². The van der Waals surface area contributed by atoms with Crippen molar-refractivity contribution in [3.8, 4) is 0 Å². The molecule has 1 aliphatic heterocycles. The molecule has 0 spiro atoms. The Bertz CT molecular complexity index is 129. The smallest absolute Gasteiger partial charge is 0.00965 e. The predicted octanol–water partition coefficient (Wildman–Crippen LogP) is 2.27. The summed E-state index contributed by atoms with van der Waals surface area (Å²) >= 11 is 0. The second-order valence-corrected chi connectivity index (χ2v) is 4.33. The van der Waals surface area contributed by atoms with Gasteiger partial charge in [0.05, 0.1) is 0 Å². The predicted molar refractivity (Wildman–Crippen MR) is 47.6 cm³/mol. The molecule has 1 aliphatic carbocycles. The second kappa shape index (κ2) is 3.14. The van der Waals surface area contributed by atoms with Gasteiger partial charge in [0.1, 0.15) is 0 Å². The van der Waals surface area contributed by atoms with Crippen LogP contribution in [-0.2, 0) is 0 Å². The Morgan fingerprint density at radius 1 is 1.09 bits per heavy atom. The van der Waals surface area contributed by atoms with Crippen molar-refractivity contribution < 1.29 is 0 Å². The van der Waals surface area contributed by atoms with E-state index in [9.17, 15) is 0 Å². The van der Waals surface area contributed by atoms with Crippen LogP contribution in [0.25, 0.3) is 0 Å². The molecule has 2 fully saturated rings. The number of nitrogens with zero attached hydrogens (tertiary/aromatic N) is 1. The van der Waals surface area contributed by atoms with Crippen LogP contribution in [0.3, 0.4) is 0 Å². The Balaban J connectivity index is 1.86. The van der Waals surface area contributed by atoms with E-state index in [1.165, 1.54) is 45.2 Å². The Hall–Kier alpha value is -0.0400.